The van der Waals surface area contributed by atoms with Crippen LogP contribution in [0.3, 0.4) is 0 Å². The highest BCUT2D eigenvalue weighted by molar-refractivity contribution is 5.77. The first kappa shape index (κ1) is 18.0. The number of aliphatic hydroxyl groups is 1. The Bertz CT molecular complexity index is 739. The molecule has 2 aromatic rings. The molecule has 1 atom stereocenters. The molecule has 0 radical (unpaired) electrons. The maximum Gasteiger partial charge on any atom is 0.336 e. The van der Waals surface area contributed by atoms with Gasteiger partial charge >= 0.3 is 11.6 Å². The Kier molecular flexibility index (Phi) is 6.34. The number of nitrogens with zero attached hydrogens (tertiary/aromatic N) is 1. The van der Waals surface area contributed by atoms with Crippen LogP contribution in [-0.4, -0.2) is 55.9 Å². The Morgan fingerprint density at radius 3 is 2.79 bits per heavy atom. The van der Waals surface area contributed by atoms with E-state index in [0.29, 0.717) is 17.8 Å². The minimum absolute atomic E-state index is 0.0668. The lowest BCUT2D eigenvalue weighted by molar-refractivity contribution is -0.147. The number of carbonyl (C=O) groups is 1. The van der Waals surface area contributed by atoms with Crippen molar-refractivity contribution in [2.75, 3.05) is 33.9 Å². The van der Waals surface area contributed by atoms with Crippen molar-refractivity contribution in [2.45, 2.75) is 12.5 Å². The molecular weight excluding hydrogens is 314 g/mol. The van der Waals surface area contributed by atoms with Gasteiger partial charge in [-0.2, -0.15) is 0 Å². The average molecular weight is 335 g/mol. The molecule has 1 aromatic heterocycles. The summed E-state index contributed by atoms with van der Waals surface area (Å²) in [5.74, 6) is 0.151. The summed E-state index contributed by atoms with van der Waals surface area (Å²) in [6, 6.07) is 8.20. The van der Waals surface area contributed by atoms with E-state index >= 15 is 0 Å². The number of carbonyl (C=O) groups excluding carboxylic acids is 1. The van der Waals surface area contributed by atoms with Gasteiger partial charge in [0, 0.05) is 23.9 Å². The minimum Gasteiger partial charge on any atom is -0.493 e. The molecule has 0 saturated carbocycles. The monoisotopic (exact) mass is 335 g/mol. The number of benzene rings is 1. The standard InChI is InChI=1S/C17H21NO6/c1-18(2)10-17(21)23-11-13(19)7-8-22-14-5-3-12-4-6-16(20)24-15(12)9-14/h3-6,9,13,19H,7-8,10-11H2,1-2H3. The molecular formula is C17H21NO6. The number of fused-ring (bicyclic) bond motifs is 1. The van der Waals surface area contributed by atoms with Crippen LogP contribution in [0.15, 0.2) is 39.5 Å². The van der Waals surface area contributed by atoms with Crippen molar-refractivity contribution in [1.82, 2.24) is 4.90 Å². The molecule has 7 nitrogen and oxygen atoms in total. The first-order valence-electron chi connectivity index (χ1n) is 7.59. The Hall–Kier alpha value is -2.38. The molecule has 7 heteroatoms. The van der Waals surface area contributed by atoms with E-state index in [4.69, 9.17) is 13.9 Å². The van der Waals surface area contributed by atoms with Gasteiger partial charge in [-0.25, -0.2) is 4.79 Å². The van der Waals surface area contributed by atoms with Crippen LogP contribution >= 0.6 is 0 Å². The summed E-state index contributed by atoms with van der Waals surface area (Å²) in [6.07, 6.45) is -0.485. The third kappa shape index (κ3) is 5.68. The summed E-state index contributed by atoms with van der Waals surface area (Å²) in [6.45, 7) is 0.350. The molecule has 1 aromatic carbocycles. The first-order chi connectivity index (χ1) is 11.4. The summed E-state index contributed by atoms with van der Waals surface area (Å²) >= 11 is 0. The van der Waals surface area contributed by atoms with Crippen molar-refractivity contribution >= 4 is 16.9 Å². The second-order valence-corrected chi connectivity index (χ2v) is 5.67. The van der Waals surface area contributed by atoms with Crippen LogP contribution in [0.25, 0.3) is 11.0 Å². The predicted octanol–water partition coefficient (Wildman–Crippen LogP) is 1.03. The van der Waals surface area contributed by atoms with E-state index in [9.17, 15) is 14.7 Å². The topological polar surface area (TPSA) is 89.2 Å². The molecule has 0 spiro atoms. The average Bonchev–Trinajstić information content (AvgIpc) is 2.52. The summed E-state index contributed by atoms with van der Waals surface area (Å²) in [7, 11) is 3.52. The number of ether oxygens (including phenoxy) is 2. The van der Waals surface area contributed by atoms with Gasteiger partial charge < -0.3 is 19.0 Å². The van der Waals surface area contributed by atoms with Crippen molar-refractivity contribution in [1.29, 1.82) is 0 Å². The smallest absolute Gasteiger partial charge is 0.336 e. The maximum absolute atomic E-state index is 11.4. The summed E-state index contributed by atoms with van der Waals surface area (Å²) < 4.78 is 15.6. The van der Waals surface area contributed by atoms with E-state index in [1.165, 1.54) is 6.07 Å². The molecule has 0 amide bonds. The number of hydrogen-bond acceptors (Lipinski definition) is 7. The van der Waals surface area contributed by atoms with Crippen molar-refractivity contribution in [3.63, 3.8) is 0 Å². The van der Waals surface area contributed by atoms with Crippen LogP contribution in [0.2, 0.25) is 0 Å². The van der Waals surface area contributed by atoms with E-state index in [1.54, 1.807) is 43.3 Å². The zero-order valence-electron chi connectivity index (χ0n) is 13.7. The number of likely N-dealkylation sites (N-methyl/N-ethyl adjacent to an activating group) is 1. The van der Waals surface area contributed by atoms with E-state index in [0.717, 1.165) is 5.39 Å². The van der Waals surface area contributed by atoms with Crippen molar-refractivity contribution in [3.05, 3.63) is 40.8 Å². The molecule has 0 aliphatic rings. The number of hydrogen-bond donors (Lipinski definition) is 1. The summed E-state index contributed by atoms with van der Waals surface area (Å²) in [4.78, 5) is 24.3. The highest BCUT2D eigenvalue weighted by atomic mass is 16.5. The van der Waals surface area contributed by atoms with Gasteiger partial charge in [0.25, 0.3) is 0 Å². The maximum atomic E-state index is 11.4. The minimum atomic E-state index is -0.797. The largest absolute Gasteiger partial charge is 0.493 e. The Morgan fingerprint density at radius 2 is 2.04 bits per heavy atom. The van der Waals surface area contributed by atoms with Gasteiger partial charge in [-0.15, -0.1) is 0 Å². The van der Waals surface area contributed by atoms with Crippen LogP contribution in [0.5, 0.6) is 5.75 Å². The number of esters is 1. The second-order valence-electron chi connectivity index (χ2n) is 5.67. The summed E-state index contributed by atoms with van der Waals surface area (Å²) in [5, 5.41) is 10.6. The number of rotatable bonds is 8. The van der Waals surface area contributed by atoms with Crippen LogP contribution in [0.4, 0.5) is 0 Å². The Balaban J connectivity index is 1.77. The molecule has 0 saturated heterocycles. The molecule has 1 N–H and O–H groups in total. The molecule has 130 valence electrons. The second kappa shape index (κ2) is 8.47. The number of aliphatic hydroxyl groups excluding tert-OH is 1. The van der Waals surface area contributed by atoms with E-state index < -0.39 is 11.7 Å². The van der Waals surface area contributed by atoms with Gasteiger partial charge in [0.2, 0.25) is 0 Å². The van der Waals surface area contributed by atoms with E-state index in [-0.39, 0.29) is 25.7 Å². The van der Waals surface area contributed by atoms with Gasteiger partial charge in [0.1, 0.15) is 17.9 Å². The van der Waals surface area contributed by atoms with Crippen LogP contribution in [0.1, 0.15) is 6.42 Å². The Labute approximate surface area is 139 Å². The fourth-order valence-corrected chi connectivity index (χ4v) is 2.02. The van der Waals surface area contributed by atoms with Crippen LogP contribution < -0.4 is 10.4 Å². The molecule has 2 rings (SSSR count). The highest BCUT2D eigenvalue weighted by Crippen LogP contribution is 2.19. The van der Waals surface area contributed by atoms with Crippen molar-refractivity contribution < 1.29 is 23.8 Å². The quantitative estimate of drug-likeness (QED) is 0.569. The van der Waals surface area contributed by atoms with Crippen LogP contribution in [0, 0.1) is 0 Å². The third-order valence-corrected chi connectivity index (χ3v) is 3.20. The normalized spacial score (nSPS) is 12.3. The lowest BCUT2D eigenvalue weighted by atomic mass is 10.2. The third-order valence-electron chi connectivity index (χ3n) is 3.20. The zero-order chi connectivity index (χ0) is 17.5. The van der Waals surface area contributed by atoms with E-state index in [2.05, 4.69) is 0 Å². The Morgan fingerprint density at radius 1 is 1.29 bits per heavy atom. The first-order valence-corrected chi connectivity index (χ1v) is 7.59. The van der Waals surface area contributed by atoms with Crippen LogP contribution in [-0.2, 0) is 9.53 Å². The molecule has 0 fully saturated rings. The molecule has 0 aliphatic heterocycles. The van der Waals surface area contributed by atoms with Crippen molar-refractivity contribution in [3.8, 4) is 5.75 Å². The highest BCUT2D eigenvalue weighted by Gasteiger charge is 2.10. The molecule has 1 heterocycles. The van der Waals surface area contributed by atoms with Crippen molar-refractivity contribution in [2.24, 2.45) is 0 Å². The zero-order valence-corrected chi connectivity index (χ0v) is 13.7. The lowest BCUT2D eigenvalue weighted by Gasteiger charge is -2.14. The molecule has 24 heavy (non-hydrogen) atoms. The predicted molar refractivity (Wildman–Crippen MR) is 88.1 cm³/mol. The lowest BCUT2D eigenvalue weighted by Crippen LogP contribution is -2.27. The molecule has 0 bridgehead atoms. The molecule has 1 unspecified atom stereocenters. The van der Waals surface area contributed by atoms with Gasteiger partial charge in [-0.1, -0.05) is 0 Å². The van der Waals surface area contributed by atoms with Gasteiger partial charge in [0.05, 0.1) is 19.3 Å². The fourth-order valence-electron chi connectivity index (χ4n) is 2.02. The molecule has 0 aliphatic carbocycles. The van der Waals surface area contributed by atoms with Gasteiger partial charge in [-0.05, 0) is 32.3 Å². The van der Waals surface area contributed by atoms with Gasteiger partial charge in [-0.3, -0.25) is 9.69 Å². The fraction of sp³-hybridized carbons (Fsp3) is 0.412. The van der Waals surface area contributed by atoms with E-state index in [1.807, 2.05) is 0 Å². The van der Waals surface area contributed by atoms with Gasteiger partial charge in [0.15, 0.2) is 0 Å². The summed E-state index contributed by atoms with van der Waals surface area (Å²) in [5.41, 5.74) is 0.0211. The SMILES string of the molecule is CN(C)CC(=O)OCC(O)CCOc1ccc2ccc(=O)oc2c1.